The molecule has 0 heterocycles. The molecular formula is C13H16ClNO3. The average Bonchev–Trinajstić information content (AvgIpc) is 2.25. The second kappa shape index (κ2) is 5.40. The molecule has 0 aromatic heterocycles. The predicted octanol–water partition coefficient (Wildman–Crippen LogP) is 3.32. The van der Waals surface area contributed by atoms with E-state index in [1.807, 2.05) is 20.8 Å². The van der Waals surface area contributed by atoms with Crippen molar-refractivity contribution in [2.24, 2.45) is 5.16 Å². The molecule has 0 saturated heterocycles. The fourth-order valence-corrected chi connectivity index (χ4v) is 1.53. The van der Waals surface area contributed by atoms with E-state index < -0.39 is 5.60 Å². The molecule has 0 aliphatic carbocycles. The zero-order chi connectivity index (χ0) is 13.9. The average molecular weight is 270 g/mol. The summed E-state index contributed by atoms with van der Waals surface area (Å²) in [6, 6.07) is 4.88. The highest BCUT2D eigenvalue weighted by molar-refractivity contribution is 6.69. The minimum Gasteiger partial charge on any atom is -0.456 e. The van der Waals surface area contributed by atoms with Gasteiger partial charge < -0.3 is 9.94 Å². The Balaban J connectivity index is 3.03. The van der Waals surface area contributed by atoms with Crippen LogP contribution in [0.15, 0.2) is 23.4 Å². The first kappa shape index (κ1) is 14.5. The third kappa shape index (κ3) is 3.74. The SMILES string of the molecule is Cc1cc(/C(Cl)=N\O)ccc1C(=O)OC(C)(C)C. The maximum atomic E-state index is 11.9. The Morgan fingerprint density at radius 3 is 2.44 bits per heavy atom. The lowest BCUT2D eigenvalue weighted by Gasteiger charge is -2.20. The first-order valence-electron chi connectivity index (χ1n) is 5.46. The molecular weight excluding hydrogens is 254 g/mol. The molecule has 4 nitrogen and oxygen atoms in total. The smallest absolute Gasteiger partial charge is 0.338 e. The lowest BCUT2D eigenvalue weighted by molar-refractivity contribution is 0.00688. The van der Waals surface area contributed by atoms with Gasteiger partial charge in [0, 0.05) is 5.56 Å². The fraction of sp³-hybridized carbons (Fsp3) is 0.385. The van der Waals surface area contributed by atoms with Gasteiger partial charge in [-0.3, -0.25) is 0 Å². The van der Waals surface area contributed by atoms with Crippen molar-refractivity contribution < 1.29 is 14.7 Å². The van der Waals surface area contributed by atoms with Crippen LogP contribution in [0.25, 0.3) is 0 Å². The summed E-state index contributed by atoms with van der Waals surface area (Å²) in [4.78, 5) is 11.9. The fourth-order valence-electron chi connectivity index (χ4n) is 1.41. The Morgan fingerprint density at radius 2 is 2.00 bits per heavy atom. The zero-order valence-corrected chi connectivity index (χ0v) is 11.6. The number of benzene rings is 1. The maximum Gasteiger partial charge on any atom is 0.338 e. The van der Waals surface area contributed by atoms with Crippen LogP contribution in [0.2, 0.25) is 0 Å². The molecule has 0 atom stereocenters. The summed E-state index contributed by atoms with van der Waals surface area (Å²) in [5, 5.41) is 11.5. The van der Waals surface area contributed by atoms with Crippen molar-refractivity contribution in [3.05, 3.63) is 34.9 Å². The van der Waals surface area contributed by atoms with Gasteiger partial charge in [0.25, 0.3) is 0 Å². The summed E-state index contributed by atoms with van der Waals surface area (Å²) < 4.78 is 5.28. The summed E-state index contributed by atoms with van der Waals surface area (Å²) in [6.45, 7) is 7.20. The number of ether oxygens (including phenoxy) is 1. The number of hydrogen-bond donors (Lipinski definition) is 1. The van der Waals surface area contributed by atoms with Gasteiger partial charge in [-0.15, -0.1) is 0 Å². The highest BCUT2D eigenvalue weighted by Gasteiger charge is 2.19. The summed E-state index contributed by atoms with van der Waals surface area (Å²) in [5.74, 6) is -0.386. The molecule has 0 bridgehead atoms. The molecule has 0 amide bonds. The second-order valence-electron chi connectivity index (χ2n) is 4.92. The van der Waals surface area contributed by atoms with Crippen LogP contribution in [0.1, 0.15) is 42.3 Å². The monoisotopic (exact) mass is 269 g/mol. The number of aryl methyl sites for hydroxylation is 1. The molecule has 0 spiro atoms. The number of oxime groups is 1. The van der Waals surface area contributed by atoms with Crippen LogP contribution in [-0.4, -0.2) is 21.9 Å². The van der Waals surface area contributed by atoms with Gasteiger partial charge in [0.2, 0.25) is 0 Å². The van der Waals surface area contributed by atoms with Crippen molar-refractivity contribution in [3.8, 4) is 0 Å². The number of esters is 1. The number of halogens is 1. The third-order valence-electron chi connectivity index (χ3n) is 2.17. The van der Waals surface area contributed by atoms with Crippen molar-refractivity contribution in [2.75, 3.05) is 0 Å². The summed E-state index contributed by atoms with van der Waals surface area (Å²) in [5.41, 5.74) is 1.19. The third-order valence-corrected chi connectivity index (χ3v) is 2.47. The van der Waals surface area contributed by atoms with Gasteiger partial charge in [-0.25, -0.2) is 4.79 Å². The van der Waals surface area contributed by atoms with Crippen LogP contribution in [0, 0.1) is 6.92 Å². The normalized spacial score (nSPS) is 12.4. The van der Waals surface area contributed by atoms with Gasteiger partial charge in [0.15, 0.2) is 5.17 Å². The van der Waals surface area contributed by atoms with Gasteiger partial charge in [-0.1, -0.05) is 22.8 Å². The molecule has 1 rings (SSSR count). The topological polar surface area (TPSA) is 58.9 Å². The number of carbonyl (C=O) groups is 1. The van der Waals surface area contributed by atoms with E-state index in [2.05, 4.69) is 5.16 Å². The lowest BCUT2D eigenvalue weighted by Crippen LogP contribution is -2.24. The maximum absolute atomic E-state index is 11.9. The first-order chi connectivity index (χ1) is 8.24. The van der Waals surface area contributed by atoms with Crippen molar-refractivity contribution in [2.45, 2.75) is 33.3 Å². The molecule has 1 N–H and O–H groups in total. The quantitative estimate of drug-likeness (QED) is 0.388. The van der Waals surface area contributed by atoms with E-state index in [0.717, 1.165) is 0 Å². The predicted molar refractivity (Wildman–Crippen MR) is 70.5 cm³/mol. The molecule has 0 aliphatic rings. The van der Waals surface area contributed by atoms with Crippen molar-refractivity contribution >= 4 is 22.7 Å². The van der Waals surface area contributed by atoms with Gasteiger partial charge >= 0.3 is 5.97 Å². The van der Waals surface area contributed by atoms with Crippen LogP contribution < -0.4 is 0 Å². The second-order valence-corrected chi connectivity index (χ2v) is 5.28. The Labute approximate surface area is 111 Å². The molecule has 0 radical (unpaired) electrons. The molecule has 0 fully saturated rings. The number of rotatable bonds is 2. The standard InChI is InChI=1S/C13H16ClNO3/c1-8-7-9(11(14)15-17)5-6-10(8)12(16)18-13(2,3)4/h5-7,17H,1-4H3/b15-11+. The number of nitrogens with zero attached hydrogens (tertiary/aromatic N) is 1. The van der Waals surface area contributed by atoms with Crippen molar-refractivity contribution in [1.82, 2.24) is 0 Å². The van der Waals surface area contributed by atoms with Gasteiger partial charge in [0.1, 0.15) is 5.60 Å². The molecule has 0 saturated carbocycles. The van der Waals surface area contributed by atoms with Crippen LogP contribution in [0.5, 0.6) is 0 Å². The molecule has 0 unspecified atom stereocenters. The summed E-state index contributed by atoms with van der Waals surface area (Å²) in [7, 11) is 0. The summed E-state index contributed by atoms with van der Waals surface area (Å²) >= 11 is 5.68. The molecule has 0 aliphatic heterocycles. The molecule has 18 heavy (non-hydrogen) atoms. The van der Waals surface area contributed by atoms with E-state index in [-0.39, 0.29) is 11.1 Å². The van der Waals surface area contributed by atoms with E-state index in [9.17, 15) is 4.79 Å². The van der Waals surface area contributed by atoms with Crippen LogP contribution in [-0.2, 0) is 4.74 Å². The minimum absolute atomic E-state index is 0.0196. The van der Waals surface area contributed by atoms with E-state index in [1.54, 1.807) is 25.1 Å². The minimum atomic E-state index is -0.535. The highest BCUT2D eigenvalue weighted by atomic mass is 35.5. The zero-order valence-electron chi connectivity index (χ0n) is 10.8. The van der Waals surface area contributed by atoms with Crippen molar-refractivity contribution in [1.29, 1.82) is 0 Å². The number of carbonyl (C=O) groups excluding carboxylic acids is 1. The van der Waals surface area contributed by atoms with Gasteiger partial charge in [0.05, 0.1) is 5.56 Å². The van der Waals surface area contributed by atoms with Crippen molar-refractivity contribution in [3.63, 3.8) is 0 Å². The summed E-state index contributed by atoms with van der Waals surface area (Å²) in [6.07, 6.45) is 0. The Bertz CT molecular complexity index is 489. The number of hydrogen-bond acceptors (Lipinski definition) is 4. The molecule has 5 heteroatoms. The van der Waals surface area contributed by atoms with Crippen LogP contribution in [0.4, 0.5) is 0 Å². The van der Waals surface area contributed by atoms with E-state index in [1.165, 1.54) is 0 Å². The Hall–Kier alpha value is -1.55. The first-order valence-corrected chi connectivity index (χ1v) is 5.84. The molecule has 98 valence electrons. The molecule has 1 aromatic carbocycles. The molecule has 1 aromatic rings. The van der Waals surface area contributed by atoms with E-state index >= 15 is 0 Å². The van der Waals surface area contributed by atoms with Gasteiger partial charge in [-0.2, -0.15) is 0 Å². The van der Waals surface area contributed by atoms with Crippen LogP contribution >= 0.6 is 11.6 Å². The van der Waals surface area contributed by atoms with Gasteiger partial charge in [-0.05, 0) is 45.4 Å². The Morgan fingerprint density at radius 1 is 1.39 bits per heavy atom. The van der Waals surface area contributed by atoms with E-state index in [0.29, 0.717) is 16.7 Å². The Kier molecular flexibility index (Phi) is 4.35. The largest absolute Gasteiger partial charge is 0.456 e. The lowest BCUT2D eigenvalue weighted by atomic mass is 10.1. The van der Waals surface area contributed by atoms with E-state index in [4.69, 9.17) is 21.5 Å². The highest BCUT2D eigenvalue weighted by Crippen LogP contribution is 2.17. The van der Waals surface area contributed by atoms with Crippen LogP contribution in [0.3, 0.4) is 0 Å².